The molecule has 0 N–H and O–H groups in total. The fourth-order valence-corrected chi connectivity index (χ4v) is 0. The van der Waals surface area contributed by atoms with Crippen LogP contribution in [0.5, 0.6) is 0 Å². The van der Waals surface area contributed by atoms with E-state index in [1.165, 1.54) is 0 Å². The van der Waals surface area contributed by atoms with Gasteiger partial charge >= 0.3 is 51.2 Å². The Kier molecular flexibility index (Phi) is 78.3. The zero-order valence-corrected chi connectivity index (χ0v) is 11.4. The first-order chi connectivity index (χ1) is 2.64. The molecule has 0 aromatic carbocycles. The summed E-state index contributed by atoms with van der Waals surface area (Å²) >= 11 is 9.12. The molecule has 0 aromatic rings. The summed E-state index contributed by atoms with van der Waals surface area (Å²) in [4.78, 5) is 1.71. The predicted octanol–water partition coefficient (Wildman–Crippen LogP) is -5.62. The van der Waals surface area contributed by atoms with Crippen molar-refractivity contribution in [1.29, 1.82) is 0 Å². The Morgan fingerprint density at radius 2 is 1.18 bits per heavy atom. The molecule has 0 amide bonds. The van der Waals surface area contributed by atoms with Crippen LogP contribution < -0.4 is 24.8 Å². The summed E-state index contributed by atoms with van der Waals surface area (Å²) < 4.78 is 0.509. The van der Waals surface area contributed by atoms with Gasteiger partial charge in [0.1, 0.15) is 0 Å². The van der Waals surface area contributed by atoms with E-state index in [1.807, 2.05) is 14.1 Å². The fraction of sp³-hybridized carbons (Fsp3) is 0.667. The molecule has 0 rings (SSSR count). The Labute approximate surface area is 123 Å². The summed E-state index contributed by atoms with van der Waals surface area (Å²) in [7, 11) is 3.66. The molecule has 11 heavy (non-hydrogen) atoms. The van der Waals surface area contributed by atoms with Gasteiger partial charge in [-0.15, -0.1) is 0 Å². The third-order valence-electron chi connectivity index (χ3n) is 0.365. The second-order valence-corrected chi connectivity index (χ2v) is 2.19. The second-order valence-electron chi connectivity index (χ2n) is 1.16. The normalized spacial score (nSPS) is 4.18. The summed E-state index contributed by atoms with van der Waals surface area (Å²) in [5, 5.41) is 0. The van der Waals surface area contributed by atoms with Crippen molar-refractivity contribution in [2.45, 2.75) is 0 Å². The standard InChI is InChI=1S/C3H7NS2.2ClH.3Cu/c1-4(2)3(5)6;;;;;/h1-2H3,(H,5,6);2*1H;;;/q;;;3*+1/p-3. The van der Waals surface area contributed by atoms with Gasteiger partial charge in [-0.2, -0.15) is 0 Å². The van der Waals surface area contributed by atoms with Crippen LogP contribution in [0, 0.1) is 0 Å². The molecular weight excluding hydrogens is 376 g/mol. The van der Waals surface area contributed by atoms with E-state index < -0.39 is 0 Å². The minimum atomic E-state index is 0. The molecule has 0 aliphatic heterocycles. The molecule has 0 atom stereocenters. The van der Waals surface area contributed by atoms with Crippen molar-refractivity contribution in [3.05, 3.63) is 0 Å². The maximum absolute atomic E-state index is 4.56. The van der Waals surface area contributed by atoms with E-state index in [2.05, 4.69) is 24.8 Å². The topological polar surface area (TPSA) is 3.24 Å². The minimum absolute atomic E-state index is 0. The van der Waals surface area contributed by atoms with Crippen LogP contribution in [0.2, 0.25) is 0 Å². The van der Waals surface area contributed by atoms with Crippen molar-refractivity contribution in [2.24, 2.45) is 0 Å². The first kappa shape index (κ1) is 37.8. The molecule has 8 heteroatoms. The van der Waals surface area contributed by atoms with Crippen LogP contribution in [-0.4, -0.2) is 23.3 Å². The van der Waals surface area contributed by atoms with Crippen LogP contribution in [-0.2, 0) is 63.8 Å². The monoisotopic (exact) mass is 379 g/mol. The SMILES string of the molecule is CN(C)C(=S)[S-].[Cl-].[Cl-].[Cu+].[Cu+].[Cu+]. The van der Waals surface area contributed by atoms with E-state index in [0.717, 1.165) is 0 Å². The third-order valence-corrected chi connectivity index (χ3v) is 1.10. The second kappa shape index (κ2) is 22.8. The van der Waals surface area contributed by atoms with Gasteiger partial charge in [0.2, 0.25) is 0 Å². The molecule has 0 radical (unpaired) electrons. The molecule has 0 bridgehead atoms. The molecule has 0 spiro atoms. The molecule has 0 unspecified atom stereocenters. The van der Waals surface area contributed by atoms with Crippen molar-refractivity contribution < 1.29 is 76.0 Å². The number of halogens is 2. The third kappa shape index (κ3) is 32.9. The Hall–Kier alpha value is 2.25. The molecule has 0 fully saturated rings. The van der Waals surface area contributed by atoms with Crippen LogP contribution in [0.25, 0.3) is 0 Å². The van der Waals surface area contributed by atoms with E-state index in [0.29, 0.717) is 4.32 Å². The van der Waals surface area contributed by atoms with Crippen molar-refractivity contribution >= 4 is 29.2 Å². The molecule has 0 aromatic heterocycles. The van der Waals surface area contributed by atoms with Crippen molar-refractivity contribution in [1.82, 2.24) is 4.90 Å². The molecule has 0 heterocycles. The summed E-state index contributed by atoms with van der Waals surface area (Å²) in [6.07, 6.45) is 0. The van der Waals surface area contributed by atoms with E-state index in [-0.39, 0.29) is 76.0 Å². The number of hydrogen-bond donors (Lipinski definition) is 0. The summed E-state index contributed by atoms with van der Waals surface area (Å²) in [6.45, 7) is 0. The molecule has 0 saturated heterocycles. The maximum atomic E-state index is 4.56. The largest absolute Gasteiger partial charge is 1.00 e. The molecule has 1 nitrogen and oxygen atoms in total. The maximum Gasteiger partial charge on any atom is 1.00 e. The van der Waals surface area contributed by atoms with Crippen LogP contribution in [0.4, 0.5) is 0 Å². The van der Waals surface area contributed by atoms with Crippen molar-refractivity contribution in [2.75, 3.05) is 14.1 Å². The number of hydrogen-bond acceptors (Lipinski definition) is 2. The van der Waals surface area contributed by atoms with Crippen molar-refractivity contribution in [3.8, 4) is 0 Å². The zero-order chi connectivity index (χ0) is 5.15. The zero-order valence-electron chi connectivity index (χ0n) is 5.42. The summed E-state index contributed by atoms with van der Waals surface area (Å²) in [5.41, 5.74) is 0. The van der Waals surface area contributed by atoms with Gasteiger partial charge in [0.15, 0.2) is 0 Å². The average molecular weight is 382 g/mol. The Morgan fingerprint density at radius 3 is 1.18 bits per heavy atom. The molecule has 0 aliphatic rings. The van der Waals surface area contributed by atoms with E-state index >= 15 is 0 Å². The van der Waals surface area contributed by atoms with Gasteiger partial charge in [0.25, 0.3) is 0 Å². The van der Waals surface area contributed by atoms with Crippen LogP contribution in [0.1, 0.15) is 0 Å². The van der Waals surface area contributed by atoms with Gasteiger partial charge < -0.3 is 54.6 Å². The van der Waals surface area contributed by atoms with Gasteiger partial charge in [-0.05, 0) is 0 Å². The predicted molar refractivity (Wildman–Crippen MR) is 33.6 cm³/mol. The quantitative estimate of drug-likeness (QED) is 0.234. The molecular formula is C3H6Cl2Cu3NS2. The van der Waals surface area contributed by atoms with Crippen LogP contribution in [0.3, 0.4) is 0 Å². The first-order valence-electron chi connectivity index (χ1n) is 1.53. The molecule has 0 saturated carbocycles. The minimum Gasteiger partial charge on any atom is -1.00 e. The fourth-order valence-electron chi connectivity index (χ4n) is 0. The summed E-state index contributed by atoms with van der Waals surface area (Å²) in [5.74, 6) is 0. The average Bonchev–Trinajstić information content (AvgIpc) is 1.36. The van der Waals surface area contributed by atoms with E-state index in [1.54, 1.807) is 4.90 Å². The molecule has 82 valence electrons. The van der Waals surface area contributed by atoms with Gasteiger partial charge in [0, 0.05) is 14.1 Å². The van der Waals surface area contributed by atoms with Gasteiger partial charge in [-0.3, -0.25) is 0 Å². The Balaban J connectivity index is -0.0000000125. The first-order valence-corrected chi connectivity index (χ1v) is 2.34. The number of thiocarbonyl (C=S) groups is 1. The number of rotatable bonds is 0. The number of nitrogens with zero attached hydrogens (tertiary/aromatic N) is 1. The van der Waals surface area contributed by atoms with Crippen LogP contribution in [0.15, 0.2) is 0 Å². The van der Waals surface area contributed by atoms with Crippen LogP contribution >= 0.6 is 12.2 Å². The molecule has 0 aliphatic carbocycles. The Morgan fingerprint density at radius 1 is 1.09 bits per heavy atom. The van der Waals surface area contributed by atoms with Crippen molar-refractivity contribution in [3.63, 3.8) is 0 Å². The van der Waals surface area contributed by atoms with Gasteiger partial charge in [-0.25, -0.2) is 0 Å². The van der Waals surface area contributed by atoms with Gasteiger partial charge in [-0.1, -0.05) is 4.32 Å². The summed E-state index contributed by atoms with van der Waals surface area (Å²) in [6, 6.07) is 0. The Bertz CT molecular complexity index is 75.6. The van der Waals surface area contributed by atoms with Gasteiger partial charge in [0.05, 0.1) is 0 Å². The van der Waals surface area contributed by atoms with E-state index in [4.69, 9.17) is 0 Å². The van der Waals surface area contributed by atoms with E-state index in [9.17, 15) is 0 Å². The smallest absolute Gasteiger partial charge is 1.00 e.